The van der Waals surface area contributed by atoms with Crippen molar-refractivity contribution in [1.82, 2.24) is 0 Å². The summed E-state index contributed by atoms with van der Waals surface area (Å²) in [6, 6.07) is 5.06. The van der Waals surface area contributed by atoms with Gasteiger partial charge in [0, 0.05) is 0 Å². The molecule has 1 aromatic carbocycles. The molecule has 18 heavy (non-hydrogen) atoms. The van der Waals surface area contributed by atoms with Crippen LogP contribution in [0.4, 0.5) is 0 Å². The summed E-state index contributed by atoms with van der Waals surface area (Å²) in [6.45, 7) is 0. The number of aliphatic hydroxyl groups excluding tert-OH is 1. The van der Waals surface area contributed by atoms with Crippen LogP contribution in [0.1, 0.15) is 30.9 Å². The summed E-state index contributed by atoms with van der Waals surface area (Å²) < 4.78 is 10.6. The van der Waals surface area contributed by atoms with Crippen LogP contribution in [0.2, 0.25) is 0 Å². The minimum absolute atomic E-state index is 0.301. The van der Waals surface area contributed by atoms with Crippen molar-refractivity contribution in [1.29, 1.82) is 0 Å². The highest BCUT2D eigenvalue weighted by Gasteiger charge is 2.33. The van der Waals surface area contributed by atoms with Gasteiger partial charge in [-0.25, -0.2) is 0 Å². The number of aliphatic hydroxyl groups is 1. The molecule has 0 saturated heterocycles. The van der Waals surface area contributed by atoms with E-state index in [1.807, 2.05) is 18.2 Å². The third-order valence-electron chi connectivity index (χ3n) is 3.80. The lowest BCUT2D eigenvalue weighted by atomic mass is 9.77. The maximum Gasteiger partial charge on any atom is 0.127 e. The van der Waals surface area contributed by atoms with Crippen LogP contribution in [0.25, 0.3) is 0 Å². The third kappa shape index (κ3) is 2.31. The Morgan fingerprint density at radius 1 is 1.22 bits per heavy atom. The average molecular weight is 251 g/mol. The second-order valence-corrected chi connectivity index (χ2v) is 4.78. The van der Waals surface area contributed by atoms with E-state index in [0.29, 0.717) is 17.4 Å². The first-order valence-corrected chi connectivity index (χ1v) is 6.33. The number of methoxy groups -OCH3 is 2. The van der Waals surface area contributed by atoms with Crippen molar-refractivity contribution in [2.24, 2.45) is 11.7 Å². The summed E-state index contributed by atoms with van der Waals surface area (Å²) in [6.07, 6.45) is 2.74. The van der Waals surface area contributed by atoms with Crippen LogP contribution < -0.4 is 15.2 Å². The van der Waals surface area contributed by atoms with Crippen LogP contribution in [-0.2, 0) is 0 Å². The zero-order valence-corrected chi connectivity index (χ0v) is 10.9. The van der Waals surface area contributed by atoms with Gasteiger partial charge >= 0.3 is 0 Å². The number of rotatable bonds is 5. The van der Waals surface area contributed by atoms with E-state index < -0.39 is 12.1 Å². The first kappa shape index (κ1) is 13.2. The molecule has 4 nitrogen and oxygen atoms in total. The highest BCUT2D eigenvalue weighted by molar-refractivity contribution is 5.47. The van der Waals surface area contributed by atoms with Gasteiger partial charge < -0.3 is 20.3 Å². The summed E-state index contributed by atoms with van der Waals surface area (Å²) in [5, 5.41) is 10.3. The van der Waals surface area contributed by atoms with Crippen LogP contribution in [0.5, 0.6) is 11.5 Å². The Hall–Kier alpha value is -1.26. The number of nitrogens with two attached hydrogens (primary N) is 1. The Morgan fingerprint density at radius 3 is 2.17 bits per heavy atom. The Kier molecular flexibility index (Phi) is 4.09. The lowest BCUT2D eigenvalue weighted by Gasteiger charge is -2.34. The van der Waals surface area contributed by atoms with Crippen LogP contribution in [0, 0.1) is 5.92 Å². The molecule has 0 amide bonds. The fourth-order valence-electron chi connectivity index (χ4n) is 2.45. The van der Waals surface area contributed by atoms with Crippen molar-refractivity contribution in [3.8, 4) is 11.5 Å². The van der Waals surface area contributed by atoms with E-state index in [0.717, 1.165) is 18.4 Å². The molecule has 2 rings (SSSR count). The molecular weight excluding hydrogens is 230 g/mol. The minimum atomic E-state index is -0.538. The van der Waals surface area contributed by atoms with Crippen molar-refractivity contribution in [2.45, 2.75) is 31.4 Å². The fourth-order valence-corrected chi connectivity index (χ4v) is 2.45. The predicted molar refractivity (Wildman–Crippen MR) is 69.8 cm³/mol. The minimum Gasteiger partial charge on any atom is -0.496 e. The van der Waals surface area contributed by atoms with Crippen molar-refractivity contribution in [3.05, 3.63) is 23.8 Å². The van der Waals surface area contributed by atoms with E-state index >= 15 is 0 Å². The molecule has 0 radical (unpaired) electrons. The molecule has 0 spiro atoms. The molecule has 0 aromatic heterocycles. The van der Waals surface area contributed by atoms with Gasteiger partial charge in [0.15, 0.2) is 0 Å². The largest absolute Gasteiger partial charge is 0.496 e. The van der Waals surface area contributed by atoms with Gasteiger partial charge in [-0.2, -0.15) is 0 Å². The van der Waals surface area contributed by atoms with Gasteiger partial charge in [-0.15, -0.1) is 0 Å². The van der Waals surface area contributed by atoms with E-state index in [1.165, 1.54) is 6.42 Å². The Morgan fingerprint density at radius 2 is 1.78 bits per heavy atom. The highest BCUT2D eigenvalue weighted by atomic mass is 16.5. The Balaban J connectivity index is 2.29. The first-order valence-electron chi connectivity index (χ1n) is 6.33. The first-order chi connectivity index (χ1) is 8.69. The van der Waals surface area contributed by atoms with Gasteiger partial charge in [0.1, 0.15) is 11.5 Å². The van der Waals surface area contributed by atoms with Gasteiger partial charge in [0.25, 0.3) is 0 Å². The summed E-state index contributed by atoms with van der Waals surface area (Å²) in [5.41, 5.74) is 6.94. The molecule has 4 heteroatoms. The standard InChI is InChI=1S/C14H21NO3/c1-17-10-7-4-8-11(18-2)12(10)13(15)14(16)9-5-3-6-9/h4,7-9,13-14,16H,3,5-6,15H2,1-2H3/t13-,14+/m1/s1. The van der Waals surface area contributed by atoms with E-state index in [2.05, 4.69) is 0 Å². The van der Waals surface area contributed by atoms with E-state index in [1.54, 1.807) is 14.2 Å². The maximum absolute atomic E-state index is 10.3. The van der Waals surface area contributed by atoms with E-state index in [-0.39, 0.29) is 0 Å². The van der Waals surface area contributed by atoms with Crippen molar-refractivity contribution in [3.63, 3.8) is 0 Å². The number of benzene rings is 1. The number of hydrogen-bond acceptors (Lipinski definition) is 4. The monoisotopic (exact) mass is 251 g/mol. The zero-order valence-electron chi connectivity index (χ0n) is 10.9. The average Bonchev–Trinajstić information content (AvgIpc) is 2.34. The van der Waals surface area contributed by atoms with Crippen LogP contribution >= 0.6 is 0 Å². The summed E-state index contributed by atoms with van der Waals surface area (Å²) >= 11 is 0. The normalized spacial score (nSPS) is 18.9. The van der Waals surface area contributed by atoms with Gasteiger partial charge in [-0.3, -0.25) is 0 Å². The van der Waals surface area contributed by atoms with Crippen LogP contribution in [0.3, 0.4) is 0 Å². The summed E-state index contributed by atoms with van der Waals surface area (Å²) in [5.74, 6) is 1.63. The molecule has 1 fully saturated rings. The fraction of sp³-hybridized carbons (Fsp3) is 0.571. The smallest absolute Gasteiger partial charge is 0.127 e. The Labute approximate surface area is 108 Å². The molecular formula is C14H21NO3. The molecule has 0 heterocycles. The van der Waals surface area contributed by atoms with Crippen LogP contribution in [0.15, 0.2) is 18.2 Å². The zero-order chi connectivity index (χ0) is 13.1. The lowest BCUT2D eigenvalue weighted by molar-refractivity contribution is 0.0401. The van der Waals surface area contributed by atoms with Gasteiger partial charge in [-0.1, -0.05) is 12.5 Å². The van der Waals surface area contributed by atoms with Crippen molar-refractivity contribution < 1.29 is 14.6 Å². The molecule has 2 atom stereocenters. The molecule has 0 aliphatic heterocycles. The molecule has 1 aliphatic carbocycles. The van der Waals surface area contributed by atoms with Crippen LogP contribution in [-0.4, -0.2) is 25.4 Å². The molecule has 1 saturated carbocycles. The van der Waals surface area contributed by atoms with Gasteiger partial charge in [-0.05, 0) is 30.9 Å². The molecule has 3 N–H and O–H groups in total. The lowest BCUT2D eigenvalue weighted by Crippen LogP contribution is -2.36. The molecule has 1 aliphatic rings. The second kappa shape index (κ2) is 5.59. The van der Waals surface area contributed by atoms with Crippen molar-refractivity contribution in [2.75, 3.05) is 14.2 Å². The van der Waals surface area contributed by atoms with Gasteiger partial charge in [0.2, 0.25) is 0 Å². The third-order valence-corrected chi connectivity index (χ3v) is 3.80. The van der Waals surface area contributed by atoms with E-state index in [4.69, 9.17) is 15.2 Å². The summed E-state index contributed by atoms with van der Waals surface area (Å²) in [4.78, 5) is 0. The molecule has 1 aromatic rings. The van der Waals surface area contributed by atoms with Crippen molar-refractivity contribution >= 4 is 0 Å². The molecule has 100 valence electrons. The number of ether oxygens (including phenoxy) is 2. The van der Waals surface area contributed by atoms with E-state index in [9.17, 15) is 5.11 Å². The Bertz CT molecular complexity index is 382. The van der Waals surface area contributed by atoms with Gasteiger partial charge in [0.05, 0.1) is 31.9 Å². The molecule has 0 unspecified atom stereocenters. The maximum atomic E-state index is 10.3. The SMILES string of the molecule is COc1cccc(OC)c1[C@@H](N)[C@@H](O)C1CCC1. The molecule has 0 bridgehead atoms. The topological polar surface area (TPSA) is 64.7 Å². The summed E-state index contributed by atoms with van der Waals surface area (Å²) in [7, 11) is 3.20. The second-order valence-electron chi connectivity index (χ2n) is 4.78. The quantitative estimate of drug-likeness (QED) is 0.838. The predicted octanol–water partition coefficient (Wildman–Crippen LogP) is 1.86. The number of hydrogen-bond donors (Lipinski definition) is 2. The highest BCUT2D eigenvalue weighted by Crippen LogP contribution is 2.40.